The van der Waals surface area contributed by atoms with E-state index in [0.717, 1.165) is 40.2 Å². The van der Waals surface area contributed by atoms with Gasteiger partial charge in [0.05, 0.1) is 28.2 Å². The van der Waals surface area contributed by atoms with E-state index in [4.69, 9.17) is 11.6 Å². The van der Waals surface area contributed by atoms with Gasteiger partial charge in [0.25, 0.3) is 5.91 Å². The molecule has 3 aliphatic rings. The SMILES string of the molecule is CC(CN(C(=O)c1cnn([C@H]2CC[C@](C)(C(=O)O)CC2)c1C(F)(F)F)[C@H]1C[C@@H]2[C@H](C1)C2(C)C)c1c[nH]c2cccc(Cl)c12. The Morgan fingerprint density at radius 1 is 1.19 bits per heavy atom. The number of halogens is 4. The van der Waals surface area contributed by atoms with Gasteiger partial charge in [0, 0.05) is 35.6 Å². The fourth-order valence-corrected chi connectivity index (χ4v) is 8.29. The van der Waals surface area contributed by atoms with E-state index < -0.39 is 40.8 Å². The summed E-state index contributed by atoms with van der Waals surface area (Å²) in [4.78, 5) is 30.9. The van der Waals surface area contributed by atoms with Crippen molar-refractivity contribution in [3.05, 3.63) is 52.4 Å². The van der Waals surface area contributed by atoms with Crippen molar-refractivity contribution >= 4 is 34.4 Å². The number of aliphatic carboxylic acids is 1. The molecule has 3 aliphatic carbocycles. The number of fused-ring (bicyclic) bond motifs is 2. The second kappa shape index (κ2) is 10.3. The minimum absolute atomic E-state index is 0.172. The first-order chi connectivity index (χ1) is 20.1. The summed E-state index contributed by atoms with van der Waals surface area (Å²) in [5.41, 5.74) is -0.494. The average molecular weight is 619 g/mol. The molecule has 3 saturated carbocycles. The fourth-order valence-electron chi connectivity index (χ4n) is 8.01. The zero-order valence-electron chi connectivity index (χ0n) is 24.8. The van der Waals surface area contributed by atoms with Gasteiger partial charge in [-0.15, -0.1) is 0 Å². The van der Waals surface area contributed by atoms with Crippen LogP contribution in [0.1, 0.15) is 99.8 Å². The van der Waals surface area contributed by atoms with Crippen molar-refractivity contribution in [2.45, 2.75) is 90.4 Å². The van der Waals surface area contributed by atoms with Gasteiger partial charge in [-0.3, -0.25) is 14.3 Å². The van der Waals surface area contributed by atoms with Crippen molar-refractivity contribution < 1.29 is 27.9 Å². The van der Waals surface area contributed by atoms with Crippen molar-refractivity contribution in [3.8, 4) is 0 Å². The van der Waals surface area contributed by atoms with Crippen LogP contribution in [0, 0.1) is 22.7 Å². The maximum Gasteiger partial charge on any atom is 0.433 e. The van der Waals surface area contributed by atoms with Crippen LogP contribution in [0.25, 0.3) is 10.9 Å². The number of H-pyrrole nitrogens is 1. The standard InChI is InChI=1S/C32H38ClF3N4O3/c1-17(20-14-37-25-7-5-6-24(33)26(20)25)16-39(19-12-22-23(13-19)30(22,2)3)28(41)21-15-38-40(27(21)32(34,35)36)18-8-10-31(4,11-9-18)29(42)43/h5-7,14-15,17-19,22-23,37H,8-13,16H2,1-4H3,(H,42,43)/t17?,18-,19-,22+,23-,31-. The minimum Gasteiger partial charge on any atom is -0.481 e. The van der Waals surface area contributed by atoms with Crippen LogP contribution in [-0.2, 0) is 11.0 Å². The molecule has 0 spiro atoms. The van der Waals surface area contributed by atoms with Crippen LogP contribution in [0.15, 0.2) is 30.6 Å². The van der Waals surface area contributed by atoms with Crippen molar-refractivity contribution in [1.82, 2.24) is 19.7 Å². The zero-order valence-corrected chi connectivity index (χ0v) is 25.6. The smallest absolute Gasteiger partial charge is 0.433 e. The quantitative estimate of drug-likeness (QED) is 0.281. The number of carbonyl (C=O) groups excluding carboxylic acids is 1. The predicted molar refractivity (Wildman–Crippen MR) is 157 cm³/mol. The third kappa shape index (κ3) is 5.03. The number of benzene rings is 1. The summed E-state index contributed by atoms with van der Waals surface area (Å²) in [6.45, 7) is 8.27. The Morgan fingerprint density at radius 2 is 1.84 bits per heavy atom. The van der Waals surface area contributed by atoms with E-state index in [2.05, 4.69) is 23.9 Å². The number of hydrogen-bond donors (Lipinski definition) is 2. The molecule has 2 N–H and O–H groups in total. The second-order valence-corrected chi connectivity index (χ2v) is 14.3. The molecule has 43 heavy (non-hydrogen) atoms. The molecule has 11 heteroatoms. The summed E-state index contributed by atoms with van der Waals surface area (Å²) in [6.07, 6.45) is 0.608. The maximum atomic E-state index is 14.7. The number of amides is 1. The van der Waals surface area contributed by atoms with E-state index in [1.807, 2.05) is 25.3 Å². The molecular formula is C32H38ClF3N4O3. The van der Waals surface area contributed by atoms with Gasteiger partial charge < -0.3 is 15.0 Å². The van der Waals surface area contributed by atoms with Crippen molar-refractivity contribution in [2.24, 2.45) is 22.7 Å². The van der Waals surface area contributed by atoms with Crippen molar-refractivity contribution in [1.29, 1.82) is 0 Å². The van der Waals surface area contributed by atoms with E-state index in [9.17, 15) is 27.9 Å². The van der Waals surface area contributed by atoms with Crippen molar-refractivity contribution in [3.63, 3.8) is 0 Å². The van der Waals surface area contributed by atoms with Gasteiger partial charge >= 0.3 is 12.1 Å². The Balaban J connectivity index is 1.33. The van der Waals surface area contributed by atoms with Crippen LogP contribution in [-0.4, -0.2) is 49.2 Å². The van der Waals surface area contributed by atoms with Gasteiger partial charge in [0.2, 0.25) is 0 Å². The van der Waals surface area contributed by atoms with Crippen molar-refractivity contribution in [2.75, 3.05) is 6.54 Å². The number of carboxylic acid groups (broad SMARTS) is 1. The molecular weight excluding hydrogens is 581 g/mol. The van der Waals surface area contributed by atoms with E-state index in [1.165, 1.54) is 0 Å². The molecule has 2 aromatic heterocycles. The number of carboxylic acids is 1. The minimum atomic E-state index is -4.81. The molecule has 1 amide bonds. The van der Waals surface area contributed by atoms with Crippen LogP contribution < -0.4 is 0 Å². The topological polar surface area (TPSA) is 91.2 Å². The fraction of sp³-hybridized carbons (Fsp3) is 0.594. The summed E-state index contributed by atoms with van der Waals surface area (Å²) in [7, 11) is 0. The lowest BCUT2D eigenvalue weighted by Crippen LogP contribution is -2.43. The summed E-state index contributed by atoms with van der Waals surface area (Å²) in [6, 6.07) is 4.77. The Labute approximate surface area is 253 Å². The van der Waals surface area contributed by atoms with Crippen LogP contribution in [0.4, 0.5) is 13.2 Å². The summed E-state index contributed by atoms with van der Waals surface area (Å²) < 4.78 is 45.1. The van der Waals surface area contributed by atoms with Gasteiger partial charge in [-0.05, 0) is 80.4 Å². The number of aromatic amines is 1. The summed E-state index contributed by atoms with van der Waals surface area (Å²) in [5.74, 6) is -0.912. The molecule has 2 heterocycles. The first-order valence-corrected chi connectivity index (χ1v) is 15.5. The van der Waals surface area contributed by atoms with Gasteiger partial charge in [0.15, 0.2) is 5.69 Å². The first-order valence-electron chi connectivity index (χ1n) is 15.1. The number of nitrogens with zero attached hydrogens (tertiary/aromatic N) is 3. The zero-order chi connectivity index (χ0) is 31.1. The molecule has 4 atom stereocenters. The lowest BCUT2D eigenvalue weighted by molar-refractivity contribution is -0.152. The first kappa shape index (κ1) is 30.0. The normalized spacial score (nSPS) is 28.9. The van der Waals surface area contributed by atoms with Crippen LogP contribution in [0.5, 0.6) is 0 Å². The third-order valence-electron chi connectivity index (χ3n) is 10.9. The lowest BCUT2D eigenvalue weighted by Gasteiger charge is -2.35. The van der Waals surface area contributed by atoms with Crippen LogP contribution in [0.2, 0.25) is 5.02 Å². The van der Waals surface area contributed by atoms with Crippen LogP contribution >= 0.6 is 11.6 Å². The number of rotatable bonds is 7. The largest absolute Gasteiger partial charge is 0.481 e. The average Bonchev–Trinajstić information content (AvgIpc) is 3.51. The Hall–Kier alpha value is -3.01. The third-order valence-corrected chi connectivity index (χ3v) is 11.3. The van der Waals surface area contributed by atoms with Crippen LogP contribution in [0.3, 0.4) is 0 Å². The second-order valence-electron chi connectivity index (χ2n) is 13.9. The maximum absolute atomic E-state index is 14.7. The number of aromatic nitrogens is 3. The van der Waals surface area contributed by atoms with Gasteiger partial charge in [-0.2, -0.15) is 18.3 Å². The molecule has 0 radical (unpaired) electrons. The number of alkyl halides is 3. The molecule has 0 bridgehead atoms. The number of nitrogens with one attached hydrogen (secondary N) is 1. The molecule has 7 nitrogen and oxygen atoms in total. The summed E-state index contributed by atoms with van der Waals surface area (Å²) >= 11 is 6.54. The van der Waals surface area contributed by atoms with Gasteiger partial charge in [0.1, 0.15) is 0 Å². The lowest BCUT2D eigenvalue weighted by atomic mass is 9.74. The van der Waals surface area contributed by atoms with E-state index in [1.54, 1.807) is 17.9 Å². The van der Waals surface area contributed by atoms with E-state index in [0.29, 0.717) is 16.9 Å². The highest BCUT2D eigenvalue weighted by molar-refractivity contribution is 6.35. The molecule has 1 aromatic carbocycles. The Bertz CT molecular complexity index is 1560. The molecule has 6 rings (SSSR count). The molecule has 3 aromatic rings. The Morgan fingerprint density at radius 3 is 2.44 bits per heavy atom. The number of carbonyl (C=O) groups is 2. The molecule has 3 fully saturated rings. The Kier molecular flexibility index (Phi) is 7.18. The van der Waals surface area contributed by atoms with Gasteiger partial charge in [-0.25, -0.2) is 0 Å². The van der Waals surface area contributed by atoms with E-state index in [-0.39, 0.29) is 49.6 Å². The predicted octanol–water partition coefficient (Wildman–Crippen LogP) is 7.92. The highest BCUT2D eigenvalue weighted by Crippen LogP contribution is 2.67. The molecule has 1 unspecified atom stereocenters. The molecule has 0 aliphatic heterocycles. The number of hydrogen-bond acceptors (Lipinski definition) is 3. The van der Waals surface area contributed by atoms with E-state index >= 15 is 0 Å². The molecule has 232 valence electrons. The monoisotopic (exact) mass is 618 g/mol. The van der Waals surface area contributed by atoms with Gasteiger partial charge in [-0.1, -0.05) is 38.4 Å². The summed E-state index contributed by atoms with van der Waals surface area (Å²) in [5, 5.41) is 15.2. The highest BCUT2D eigenvalue weighted by Gasteiger charge is 2.63. The molecule has 0 saturated heterocycles. The highest BCUT2D eigenvalue weighted by atomic mass is 35.5.